The van der Waals surface area contributed by atoms with Gasteiger partial charge in [0, 0.05) is 36.3 Å². The Morgan fingerprint density at radius 2 is 2.00 bits per heavy atom. The number of anilines is 3. The predicted molar refractivity (Wildman–Crippen MR) is 103 cm³/mol. The minimum atomic E-state index is -0.463. The van der Waals surface area contributed by atoms with Crippen LogP contribution in [0.2, 0.25) is 0 Å². The van der Waals surface area contributed by atoms with Crippen LogP contribution in [0.4, 0.5) is 17.2 Å². The summed E-state index contributed by atoms with van der Waals surface area (Å²) in [7, 11) is 0. The van der Waals surface area contributed by atoms with Crippen LogP contribution in [0, 0.1) is 6.92 Å². The lowest BCUT2D eigenvalue weighted by Crippen LogP contribution is -2.37. The molecule has 28 heavy (non-hydrogen) atoms. The van der Waals surface area contributed by atoms with Crippen LogP contribution in [-0.2, 0) is 9.59 Å². The molecule has 142 valence electrons. The highest BCUT2D eigenvalue weighted by atomic mass is 16.2. The zero-order chi connectivity index (χ0) is 19.5. The van der Waals surface area contributed by atoms with Gasteiger partial charge in [0.15, 0.2) is 5.82 Å². The summed E-state index contributed by atoms with van der Waals surface area (Å²) < 4.78 is 1.67. The summed E-state index contributed by atoms with van der Waals surface area (Å²) in [5, 5.41) is 12.9. The minimum Gasteiger partial charge on any atom is -0.344 e. The second kappa shape index (κ2) is 7.47. The molecule has 0 bridgehead atoms. The Balaban J connectivity index is 1.43. The van der Waals surface area contributed by atoms with E-state index >= 15 is 0 Å². The molecule has 3 heterocycles. The molecule has 1 aliphatic heterocycles. The van der Waals surface area contributed by atoms with E-state index in [1.165, 1.54) is 0 Å². The second-order valence-electron chi connectivity index (χ2n) is 6.46. The van der Waals surface area contributed by atoms with Crippen molar-refractivity contribution in [2.75, 3.05) is 10.6 Å². The maximum atomic E-state index is 12.2. The first kappa shape index (κ1) is 17.7. The summed E-state index contributed by atoms with van der Waals surface area (Å²) in [4.78, 5) is 32.2. The zero-order valence-corrected chi connectivity index (χ0v) is 15.2. The number of carbonyl (C=O) groups excluding carboxylic acids is 2. The van der Waals surface area contributed by atoms with Crippen LogP contribution in [0.15, 0.2) is 48.8 Å². The number of carbonyl (C=O) groups is 2. The lowest BCUT2D eigenvalue weighted by Gasteiger charge is -2.12. The molecule has 1 saturated heterocycles. The summed E-state index contributed by atoms with van der Waals surface area (Å²) >= 11 is 0. The van der Waals surface area contributed by atoms with Crippen LogP contribution in [-0.4, -0.2) is 37.6 Å². The van der Waals surface area contributed by atoms with Gasteiger partial charge >= 0.3 is 0 Å². The van der Waals surface area contributed by atoms with E-state index in [1.54, 1.807) is 29.1 Å². The molecule has 3 aromatic rings. The van der Waals surface area contributed by atoms with Crippen molar-refractivity contribution in [2.24, 2.45) is 0 Å². The molecule has 0 saturated carbocycles. The molecule has 1 fully saturated rings. The molecular formula is C19H19N7O2. The third kappa shape index (κ3) is 3.98. The molecule has 0 radical (unpaired) electrons. The van der Waals surface area contributed by atoms with Crippen LogP contribution >= 0.6 is 0 Å². The zero-order valence-electron chi connectivity index (χ0n) is 15.2. The van der Waals surface area contributed by atoms with Gasteiger partial charge in [0.25, 0.3) is 0 Å². The normalized spacial score (nSPS) is 15.9. The van der Waals surface area contributed by atoms with E-state index in [1.807, 2.05) is 31.3 Å². The molecule has 9 heteroatoms. The molecule has 0 unspecified atom stereocenters. The van der Waals surface area contributed by atoms with Crippen LogP contribution < -0.4 is 16.0 Å². The van der Waals surface area contributed by atoms with Crippen molar-refractivity contribution < 1.29 is 9.59 Å². The summed E-state index contributed by atoms with van der Waals surface area (Å²) in [6.07, 6.45) is 4.42. The van der Waals surface area contributed by atoms with Crippen molar-refractivity contribution in [3.05, 3.63) is 54.6 Å². The monoisotopic (exact) mass is 377 g/mol. The molecule has 0 spiro atoms. The van der Waals surface area contributed by atoms with Gasteiger partial charge in [-0.15, -0.1) is 0 Å². The van der Waals surface area contributed by atoms with Gasteiger partial charge in [-0.25, -0.2) is 14.6 Å². The quantitative estimate of drug-likeness (QED) is 0.626. The minimum absolute atomic E-state index is 0.0886. The van der Waals surface area contributed by atoms with Crippen molar-refractivity contribution in [3.63, 3.8) is 0 Å². The van der Waals surface area contributed by atoms with E-state index in [-0.39, 0.29) is 11.8 Å². The van der Waals surface area contributed by atoms with Gasteiger partial charge in [-0.1, -0.05) is 0 Å². The molecule has 1 aromatic carbocycles. The first-order valence-electron chi connectivity index (χ1n) is 8.90. The van der Waals surface area contributed by atoms with Gasteiger partial charge in [0.2, 0.25) is 11.8 Å². The Labute approximate surface area is 161 Å². The van der Waals surface area contributed by atoms with Gasteiger partial charge in [-0.3, -0.25) is 9.59 Å². The Hall–Kier alpha value is -3.75. The van der Waals surface area contributed by atoms with Gasteiger partial charge < -0.3 is 16.0 Å². The predicted octanol–water partition coefficient (Wildman–Crippen LogP) is 1.93. The highest BCUT2D eigenvalue weighted by molar-refractivity contribution is 5.99. The highest BCUT2D eigenvalue weighted by Gasteiger charge is 2.27. The highest BCUT2D eigenvalue weighted by Crippen LogP contribution is 2.20. The lowest BCUT2D eigenvalue weighted by atomic mass is 10.2. The van der Waals surface area contributed by atoms with E-state index in [4.69, 9.17) is 0 Å². The molecular weight excluding hydrogens is 358 g/mol. The van der Waals surface area contributed by atoms with Gasteiger partial charge in [0.05, 0.1) is 0 Å². The van der Waals surface area contributed by atoms with Gasteiger partial charge in [-0.05, 0) is 43.7 Å². The van der Waals surface area contributed by atoms with E-state index in [2.05, 4.69) is 31.0 Å². The first-order chi connectivity index (χ1) is 13.6. The van der Waals surface area contributed by atoms with Gasteiger partial charge in [0.1, 0.15) is 17.7 Å². The Kier molecular flexibility index (Phi) is 4.71. The number of nitrogens with one attached hydrogen (secondary N) is 3. The molecule has 2 amide bonds. The number of rotatable bonds is 5. The number of hydrogen-bond acceptors (Lipinski definition) is 6. The molecule has 9 nitrogen and oxygen atoms in total. The van der Waals surface area contributed by atoms with Crippen LogP contribution in [0.3, 0.4) is 0 Å². The second-order valence-corrected chi connectivity index (χ2v) is 6.46. The number of nitrogens with zero attached hydrogens (tertiary/aromatic N) is 4. The third-order valence-electron chi connectivity index (χ3n) is 4.30. The Morgan fingerprint density at radius 3 is 2.68 bits per heavy atom. The number of amides is 2. The number of aryl methyl sites for hydroxylation is 1. The summed E-state index contributed by atoms with van der Waals surface area (Å²) in [5.41, 5.74) is 1.48. The lowest BCUT2D eigenvalue weighted by molar-refractivity contribution is -0.122. The fourth-order valence-corrected chi connectivity index (χ4v) is 2.96. The first-order valence-corrected chi connectivity index (χ1v) is 8.90. The molecule has 2 aromatic heterocycles. The van der Waals surface area contributed by atoms with E-state index in [0.717, 1.165) is 5.69 Å². The van der Waals surface area contributed by atoms with E-state index < -0.39 is 6.04 Å². The molecule has 0 aliphatic carbocycles. The number of benzene rings is 1. The average molecular weight is 377 g/mol. The van der Waals surface area contributed by atoms with Crippen molar-refractivity contribution in [2.45, 2.75) is 25.8 Å². The molecule has 4 rings (SSSR count). The molecule has 1 atom stereocenters. The largest absolute Gasteiger partial charge is 0.344 e. The smallest absolute Gasteiger partial charge is 0.246 e. The summed E-state index contributed by atoms with van der Waals surface area (Å²) in [6.45, 7) is 1.82. The van der Waals surface area contributed by atoms with Crippen molar-refractivity contribution >= 4 is 29.0 Å². The van der Waals surface area contributed by atoms with Crippen LogP contribution in [0.25, 0.3) is 5.82 Å². The molecule has 1 aliphatic rings. The van der Waals surface area contributed by atoms with Crippen molar-refractivity contribution in [1.29, 1.82) is 0 Å². The van der Waals surface area contributed by atoms with E-state index in [9.17, 15) is 9.59 Å². The van der Waals surface area contributed by atoms with Crippen molar-refractivity contribution in [3.8, 4) is 5.82 Å². The van der Waals surface area contributed by atoms with Crippen molar-refractivity contribution in [1.82, 2.24) is 25.1 Å². The standard InChI is InChI=1S/C19H19N7O2/c1-12-21-16(11-17(22-12)26-10-2-9-20-26)23-13-3-5-14(6-4-13)24-19(28)15-7-8-18(27)25-15/h2-6,9-11,15H,7-8H2,1H3,(H,24,28)(H,25,27)(H,21,22,23)/t15-/m1/s1. The van der Waals surface area contributed by atoms with Crippen LogP contribution in [0.1, 0.15) is 18.7 Å². The van der Waals surface area contributed by atoms with Gasteiger partial charge in [-0.2, -0.15) is 5.10 Å². The average Bonchev–Trinajstić information content (AvgIpc) is 3.35. The fraction of sp³-hybridized carbons (Fsp3) is 0.211. The summed E-state index contributed by atoms with van der Waals surface area (Å²) in [6, 6.07) is 10.4. The summed E-state index contributed by atoms with van der Waals surface area (Å²) in [5.74, 6) is 1.64. The SMILES string of the molecule is Cc1nc(Nc2ccc(NC(=O)[C@H]3CCC(=O)N3)cc2)cc(-n2cccn2)n1. The topological polar surface area (TPSA) is 114 Å². The Morgan fingerprint density at radius 1 is 1.21 bits per heavy atom. The van der Waals surface area contributed by atoms with Crippen LogP contribution in [0.5, 0.6) is 0 Å². The van der Waals surface area contributed by atoms with E-state index in [0.29, 0.717) is 36.0 Å². The Bertz CT molecular complexity index is 1000. The molecule has 3 N–H and O–H groups in total. The maximum absolute atomic E-state index is 12.2. The fourth-order valence-electron chi connectivity index (χ4n) is 2.96. The maximum Gasteiger partial charge on any atom is 0.246 e. The number of hydrogen-bond donors (Lipinski definition) is 3. The number of aromatic nitrogens is 4. The third-order valence-corrected chi connectivity index (χ3v) is 4.30.